The number of hydrogen-bond donors (Lipinski definition) is 1. The molecule has 0 atom stereocenters. The molecule has 118 valence electrons. The molecular weight excluding hydrogens is 287 g/mol. The monoisotopic (exact) mass is 308 g/mol. The lowest BCUT2D eigenvalue weighted by Gasteiger charge is -2.12. The predicted octanol–water partition coefficient (Wildman–Crippen LogP) is 1.41. The smallest absolute Gasteiger partial charge is 0.179 e. The van der Waals surface area contributed by atoms with Gasteiger partial charge < -0.3 is 14.5 Å². The fourth-order valence-electron chi connectivity index (χ4n) is 2.64. The number of aromatic nitrogens is 3. The van der Waals surface area contributed by atoms with Crippen molar-refractivity contribution in [3.63, 3.8) is 0 Å². The summed E-state index contributed by atoms with van der Waals surface area (Å²) >= 11 is 0. The van der Waals surface area contributed by atoms with E-state index < -0.39 is 0 Å². The van der Waals surface area contributed by atoms with Gasteiger partial charge in [0.25, 0.3) is 0 Å². The molecule has 6 heteroatoms. The third-order valence-corrected chi connectivity index (χ3v) is 3.92. The van der Waals surface area contributed by atoms with Crippen molar-refractivity contribution in [1.29, 1.82) is 0 Å². The lowest BCUT2D eigenvalue weighted by molar-refractivity contribution is 0.198. The van der Waals surface area contributed by atoms with E-state index in [2.05, 4.69) is 47.8 Å². The topological polar surface area (TPSA) is 51.5 Å². The molecule has 0 aliphatic carbocycles. The highest BCUT2D eigenvalue weighted by molar-refractivity contribution is 6.31. The van der Waals surface area contributed by atoms with E-state index in [0.29, 0.717) is 0 Å². The largest absolute Gasteiger partial charge is 0.385 e. The van der Waals surface area contributed by atoms with Crippen molar-refractivity contribution in [3.8, 4) is 11.3 Å². The Morgan fingerprint density at radius 1 is 1.30 bits per heavy atom. The van der Waals surface area contributed by atoms with Gasteiger partial charge in [0.1, 0.15) is 0 Å². The van der Waals surface area contributed by atoms with Crippen molar-refractivity contribution in [2.24, 2.45) is 0 Å². The Morgan fingerprint density at radius 2 is 2.13 bits per heavy atom. The first-order valence-corrected chi connectivity index (χ1v) is 7.84. The summed E-state index contributed by atoms with van der Waals surface area (Å²) in [6.45, 7) is 3.64. The van der Waals surface area contributed by atoms with Gasteiger partial charge in [0.2, 0.25) is 0 Å². The Balaban J connectivity index is 2.02. The van der Waals surface area contributed by atoms with Crippen LogP contribution >= 0.6 is 0 Å². The molecule has 2 aromatic heterocycles. The molecule has 3 aromatic rings. The van der Waals surface area contributed by atoms with Gasteiger partial charge in [-0.15, -0.1) is 0 Å². The maximum atomic E-state index is 5.10. The van der Waals surface area contributed by atoms with Crippen molar-refractivity contribution in [2.75, 3.05) is 25.6 Å². The van der Waals surface area contributed by atoms with Crippen molar-refractivity contribution >= 4 is 24.9 Å². The maximum Gasteiger partial charge on any atom is 0.179 e. The Hall–Kier alpha value is -2.34. The first kappa shape index (κ1) is 15.6. The predicted molar refractivity (Wildman–Crippen MR) is 96.3 cm³/mol. The molecule has 0 bridgehead atoms. The van der Waals surface area contributed by atoms with Gasteiger partial charge in [-0.1, -0.05) is 24.3 Å². The van der Waals surface area contributed by atoms with E-state index in [-0.39, 0.29) is 0 Å². The van der Waals surface area contributed by atoms with Gasteiger partial charge in [-0.05, 0) is 24.5 Å². The summed E-state index contributed by atoms with van der Waals surface area (Å²) in [6.07, 6.45) is 4.86. The number of fused-ring (bicyclic) bond motifs is 1. The normalized spacial score (nSPS) is 11.0. The van der Waals surface area contributed by atoms with Crippen LogP contribution in [-0.4, -0.2) is 42.5 Å². The number of aryl methyl sites for hydroxylation is 1. The summed E-state index contributed by atoms with van der Waals surface area (Å²) in [6, 6.07) is 8.29. The van der Waals surface area contributed by atoms with Gasteiger partial charge in [-0.2, -0.15) is 0 Å². The quantitative estimate of drug-likeness (QED) is 0.553. The van der Waals surface area contributed by atoms with Crippen molar-refractivity contribution in [3.05, 3.63) is 42.2 Å². The molecule has 0 radical (unpaired) electrons. The third kappa shape index (κ3) is 3.22. The molecule has 2 heterocycles. The van der Waals surface area contributed by atoms with Crippen LogP contribution in [0.3, 0.4) is 0 Å². The van der Waals surface area contributed by atoms with Crippen LogP contribution in [0, 0.1) is 6.92 Å². The first-order valence-electron chi connectivity index (χ1n) is 7.84. The molecule has 0 spiro atoms. The molecule has 0 unspecified atom stereocenters. The average Bonchev–Trinajstić information content (AvgIpc) is 2.93. The number of nitrogens with zero attached hydrogens (tertiary/aromatic N) is 3. The molecule has 3 rings (SSSR count). The number of anilines is 1. The lowest BCUT2D eigenvalue weighted by Crippen LogP contribution is -2.13. The number of hydrogen-bond acceptors (Lipinski definition) is 4. The summed E-state index contributed by atoms with van der Waals surface area (Å²) in [4.78, 5) is 9.29. The highest BCUT2D eigenvalue weighted by atomic mass is 16.5. The number of methoxy groups -OCH3 is 1. The molecule has 0 aliphatic heterocycles. The van der Waals surface area contributed by atoms with Crippen LogP contribution in [0.4, 0.5) is 5.82 Å². The van der Waals surface area contributed by atoms with Crippen LogP contribution < -0.4 is 10.9 Å². The van der Waals surface area contributed by atoms with Crippen LogP contribution in [-0.2, 0) is 4.74 Å². The summed E-state index contributed by atoms with van der Waals surface area (Å²) in [5.74, 6) is 0.815. The molecule has 5 nitrogen and oxygen atoms in total. The van der Waals surface area contributed by atoms with Crippen LogP contribution in [0.2, 0.25) is 0 Å². The standard InChI is InChI=1S/C17H21BN4O/c1-12-6-3-4-7-13(12)14-11-22-15(18)10-20-17(22)16(21-14)19-8-5-9-23-2/h3-4,6-7,10-11H,5,8-9,18H2,1-2H3,(H,19,21). The molecule has 0 amide bonds. The fraction of sp³-hybridized carbons (Fsp3) is 0.294. The third-order valence-electron chi connectivity index (χ3n) is 3.92. The Bertz CT molecular complexity index is 815. The van der Waals surface area contributed by atoms with Gasteiger partial charge in [-0.25, -0.2) is 9.97 Å². The highest BCUT2D eigenvalue weighted by Crippen LogP contribution is 2.24. The van der Waals surface area contributed by atoms with Gasteiger partial charge in [0, 0.05) is 38.2 Å². The zero-order valence-corrected chi connectivity index (χ0v) is 13.8. The lowest BCUT2D eigenvalue weighted by atomic mass is 10.1. The maximum absolute atomic E-state index is 5.10. The van der Waals surface area contributed by atoms with E-state index in [1.807, 2.05) is 18.3 Å². The highest BCUT2D eigenvalue weighted by Gasteiger charge is 2.11. The van der Waals surface area contributed by atoms with Crippen LogP contribution in [0.1, 0.15) is 12.0 Å². The van der Waals surface area contributed by atoms with Crippen molar-refractivity contribution in [1.82, 2.24) is 14.4 Å². The van der Waals surface area contributed by atoms with E-state index in [1.54, 1.807) is 7.11 Å². The molecule has 1 aromatic carbocycles. The van der Waals surface area contributed by atoms with Gasteiger partial charge in [-0.3, -0.25) is 0 Å². The van der Waals surface area contributed by atoms with E-state index >= 15 is 0 Å². The second-order valence-corrected chi connectivity index (χ2v) is 5.66. The summed E-state index contributed by atoms with van der Waals surface area (Å²) in [5.41, 5.74) is 5.25. The number of imidazole rings is 1. The minimum atomic E-state index is 0.730. The van der Waals surface area contributed by atoms with Crippen LogP contribution in [0.15, 0.2) is 36.7 Å². The zero-order chi connectivity index (χ0) is 16.2. The summed E-state index contributed by atoms with van der Waals surface area (Å²) < 4.78 is 7.19. The molecule has 1 N–H and O–H groups in total. The van der Waals surface area contributed by atoms with Gasteiger partial charge in [0.15, 0.2) is 19.3 Å². The molecular formula is C17H21BN4O. The minimum absolute atomic E-state index is 0.730. The molecule has 0 saturated heterocycles. The zero-order valence-electron chi connectivity index (χ0n) is 13.8. The minimum Gasteiger partial charge on any atom is -0.385 e. The van der Waals surface area contributed by atoms with E-state index in [4.69, 9.17) is 9.72 Å². The van der Waals surface area contributed by atoms with E-state index in [0.717, 1.165) is 47.9 Å². The number of ether oxygens (including phenoxy) is 1. The fourth-order valence-corrected chi connectivity index (χ4v) is 2.64. The molecule has 23 heavy (non-hydrogen) atoms. The Labute approximate surface area is 137 Å². The summed E-state index contributed by atoms with van der Waals surface area (Å²) in [5, 5.41) is 3.39. The average molecular weight is 308 g/mol. The van der Waals surface area contributed by atoms with Crippen molar-refractivity contribution < 1.29 is 4.74 Å². The first-order chi connectivity index (χ1) is 11.2. The molecule has 0 fully saturated rings. The number of benzene rings is 1. The van der Waals surface area contributed by atoms with Crippen LogP contribution in [0.25, 0.3) is 16.9 Å². The summed E-state index contributed by atoms with van der Waals surface area (Å²) in [7, 11) is 3.77. The van der Waals surface area contributed by atoms with Gasteiger partial charge in [0.05, 0.1) is 5.69 Å². The number of nitrogens with one attached hydrogen (secondary N) is 1. The van der Waals surface area contributed by atoms with Crippen molar-refractivity contribution in [2.45, 2.75) is 13.3 Å². The van der Waals surface area contributed by atoms with E-state index in [9.17, 15) is 0 Å². The Kier molecular flexibility index (Phi) is 4.62. The number of rotatable bonds is 6. The second kappa shape index (κ2) is 6.83. The van der Waals surface area contributed by atoms with E-state index in [1.165, 1.54) is 5.56 Å². The molecule has 0 aliphatic rings. The second-order valence-electron chi connectivity index (χ2n) is 5.66. The molecule has 0 saturated carbocycles. The van der Waals surface area contributed by atoms with Crippen LogP contribution in [0.5, 0.6) is 0 Å². The van der Waals surface area contributed by atoms with Gasteiger partial charge >= 0.3 is 0 Å². The SMILES string of the molecule is Bc1cnc2c(NCCCOC)nc(-c3ccccc3C)cn12. The Morgan fingerprint density at radius 3 is 2.91 bits per heavy atom.